The molecule has 24 heavy (non-hydrogen) atoms. The minimum atomic E-state index is -0.00658. The summed E-state index contributed by atoms with van der Waals surface area (Å²) >= 11 is 1.30. The molecule has 3 rings (SSSR count). The Hall–Kier alpha value is -2.48. The number of ether oxygens (including phenoxy) is 1. The van der Waals surface area contributed by atoms with E-state index in [4.69, 9.17) is 4.74 Å². The predicted octanol–water partition coefficient (Wildman–Crippen LogP) is 3.24. The van der Waals surface area contributed by atoms with E-state index in [9.17, 15) is 4.79 Å². The van der Waals surface area contributed by atoms with E-state index >= 15 is 0 Å². The predicted molar refractivity (Wildman–Crippen MR) is 93.3 cm³/mol. The fraction of sp³-hybridized carbons (Fsp3) is 0.375. The maximum atomic E-state index is 12.2. The van der Waals surface area contributed by atoms with E-state index in [2.05, 4.69) is 20.6 Å². The van der Waals surface area contributed by atoms with Gasteiger partial charge in [0.05, 0.1) is 7.11 Å². The second-order valence-electron chi connectivity index (χ2n) is 5.36. The number of aromatic nitrogens is 4. The standard InChI is InChI=1S/C16H19N5O2S/c1-4-10(5-2)14(22)17-15-20-21-13(18-19-16(21)24-15)11-7-6-8-12(9-11)23-3/h6-10H,4-5H2,1-3H3,(H,17,20,22). The van der Waals surface area contributed by atoms with Gasteiger partial charge in [-0.3, -0.25) is 4.79 Å². The Bertz CT molecular complexity index is 853. The first-order valence-corrected chi connectivity index (χ1v) is 8.65. The Morgan fingerprint density at radius 1 is 1.33 bits per heavy atom. The van der Waals surface area contributed by atoms with E-state index in [0.717, 1.165) is 24.2 Å². The number of nitrogens with one attached hydrogen (secondary N) is 1. The second kappa shape index (κ2) is 6.96. The van der Waals surface area contributed by atoms with Crippen LogP contribution in [0.1, 0.15) is 26.7 Å². The van der Waals surface area contributed by atoms with Gasteiger partial charge in [-0.25, -0.2) is 0 Å². The number of methoxy groups -OCH3 is 1. The van der Waals surface area contributed by atoms with E-state index < -0.39 is 0 Å². The van der Waals surface area contributed by atoms with Gasteiger partial charge >= 0.3 is 0 Å². The number of anilines is 1. The van der Waals surface area contributed by atoms with Crippen molar-refractivity contribution in [3.05, 3.63) is 24.3 Å². The number of carbonyl (C=O) groups excluding carboxylic acids is 1. The lowest BCUT2D eigenvalue weighted by Gasteiger charge is -2.10. The molecule has 0 saturated heterocycles. The number of hydrogen-bond donors (Lipinski definition) is 1. The summed E-state index contributed by atoms with van der Waals surface area (Å²) in [4.78, 5) is 12.8. The van der Waals surface area contributed by atoms with Crippen LogP contribution < -0.4 is 10.1 Å². The summed E-state index contributed by atoms with van der Waals surface area (Å²) in [7, 11) is 1.62. The van der Waals surface area contributed by atoms with E-state index in [1.807, 2.05) is 38.1 Å². The van der Waals surface area contributed by atoms with Gasteiger partial charge in [0.1, 0.15) is 5.75 Å². The van der Waals surface area contributed by atoms with E-state index in [-0.39, 0.29) is 11.8 Å². The molecule has 0 radical (unpaired) electrons. The zero-order valence-corrected chi connectivity index (χ0v) is 14.6. The van der Waals surface area contributed by atoms with Crippen LogP contribution in [0.4, 0.5) is 5.13 Å². The highest BCUT2D eigenvalue weighted by atomic mass is 32.1. The molecule has 0 saturated carbocycles. The summed E-state index contributed by atoms with van der Waals surface area (Å²) in [6.45, 7) is 4.01. The molecule has 0 aliphatic heterocycles. The second-order valence-corrected chi connectivity index (χ2v) is 6.32. The Kier molecular flexibility index (Phi) is 4.75. The summed E-state index contributed by atoms with van der Waals surface area (Å²) < 4.78 is 6.88. The van der Waals surface area contributed by atoms with Crippen molar-refractivity contribution in [2.24, 2.45) is 5.92 Å². The first kappa shape index (κ1) is 16.4. The molecule has 0 bridgehead atoms. The molecule has 2 aromatic heterocycles. The zero-order valence-electron chi connectivity index (χ0n) is 13.8. The number of fused-ring (bicyclic) bond motifs is 1. The van der Waals surface area contributed by atoms with Crippen molar-refractivity contribution in [2.45, 2.75) is 26.7 Å². The van der Waals surface area contributed by atoms with Crippen LogP contribution in [0.5, 0.6) is 5.75 Å². The topological polar surface area (TPSA) is 81.4 Å². The lowest BCUT2D eigenvalue weighted by atomic mass is 10.0. The van der Waals surface area contributed by atoms with E-state index in [1.165, 1.54) is 11.3 Å². The highest BCUT2D eigenvalue weighted by Crippen LogP contribution is 2.26. The van der Waals surface area contributed by atoms with Crippen molar-refractivity contribution in [1.29, 1.82) is 0 Å². The van der Waals surface area contributed by atoms with Gasteiger partial charge in [-0.2, -0.15) is 4.52 Å². The zero-order chi connectivity index (χ0) is 17.1. The molecule has 8 heteroatoms. The Balaban J connectivity index is 1.90. The van der Waals surface area contributed by atoms with Gasteiger partial charge in [-0.1, -0.05) is 37.3 Å². The molecular weight excluding hydrogens is 326 g/mol. The molecule has 0 aliphatic carbocycles. The molecule has 0 aliphatic rings. The third-order valence-electron chi connectivity index (χ3n) is 3.91. The molecule has 0 fully saturated rings. The minimum absolute atomic E-state index is 0.00259. The van der Waals surface area contributed by atoms with Crippen molar-refractivity contribution in [3.63, 3.8) is 0 Å². The molecule has 0 atom stereocenters. The number of carbonyl (C=O) groups is 1. The molecule has 3 aromatic rings. The molecule has 1 N–H and O–H groups in total. The number of benzene rings is 1. The van der Waals surface area contributed by atoms with Crippen LogP contribution in [-0.4, -0.2) is 32.8 Å². The van der Waals surface area contributed by atoms with Crippen molar-refractivity contribution < 1.29 is 9.53 Å². The number of amides is 1. The molecule has 2 heterocycles. The lowest BCUT2D eigenvalue weighted by Crippen LogP contribution is -2.21. The normalized spacial score (nSPS) is 11.2. The molecule has 0 spiro atoms. The van der Waals surface area contributed by atoms with Gasteiger partial charge in [0.25, 0.3) is 0 Å². The van der Waals surface area contributed by atoms with Crippen LogP contribution >= 0.6 is 11.3 Å². The molecule has 7 nitrogen and oxygen atoms in total. The third kappa shape index (κ3) is 3.09. The fourth-order valence-electron chi connectivity index (χ4n) is 2.48. The highest BCUT2D eigenvalue weighted by molar-refractivity contribution is 7.20. The van der Waals surface area contributed by atoms with Crippen LogP contribution in [0.15, 0.2) is 24.3 Å². The maximum absolute atomic E-state index is 12.2. The molecular formula is C16H19N5O2S. The van der Waals surface area contributed by atoms with Gasteiger partial charge in [0.2, 0.25) is 16.0 Å². The van der Waals surface area contributed by atoms with E-state index in [0.29, 0.717) is 15.9 Å². The summed E-state index contributed by atoms with van der Waals surface area (Å²) in [5, 5.41) is 16.2. The third-order valence-corrected chi connectivity index (χ3v) is 4.72. The summed E-state index contributed by atoms with van der Waals surface area (Å²) in [6.07, 6.45) is 1.61. The van der Waals surface area contributed by atoms with Gasteiger partial charge in [0, 0.05) is 11.5 Å². The van der Waals surface area contributed by atoms with Gasteiger partial charge < -0.3 is 10.1 Å². The molecule has 1 amide bonds. The van der Waals surface area contributed by atoms with Crippen molar-refractivity contribution in [1.82, 2.24) is 19.8 Å². The lowest BCUT2D eigenvalue weighted by molar-refractivity contribution is -0.120. The number of nitrogens with zero attached hydrogens (tertiary/aromatic N) is 4. The Labute approximate surface area is 143 Å². The average molecular weight is 345 g/mol. The fourth-order valence-corrected chi connectivity index (χ4v) is 3.22. The van der Waals surface area contributed by atoms with Crippen LogP contribution in [0, 0.1) is 5.92 Å². The molecule has 126 valence electrons. The first-order chi connectivity index (χ1) is 11.7. The quantitative estimate of drug-likeness (QED) is 0.742. The minimum Gasteiger partial charge on any atom is -0.497 e. The molecule has 1 aromatic carbocycles. The molecule has 0 unspecified atom stereocenters. The highest BCUT2D eigenvalue weighted by Gasteiger charge is 2.18. The number of hydrogen-bond acceptors (Lipinski definition) is 6. The SMILES string of the molecule is CCC(CC)C(=O)Nc1nn2c(-c3cccc(OC)c3)nnc2s1. The van der Waals surface area contributed by atoms with Crippen LogP contribution in [0.3, 0.4) is 0 Å². The van der Waals surface area contributed by atoms with Crippen LogP contribution in [-0.2, 0) is 4.79 Å². The summed E-state index contributed by atoms with van der Waals surface area (Å²) in [6, 6.07) is 7.54. The van der Waals surface area contributed by atoms with Crippen LogP contribution in [0.25, 0.3) is 16.3 Å². The monoisotopic (exact) mass is 345 g/mol. The van der Waals surface area contributed by atoms with E-state index in [1.54, 1.807) is 11.6 Å². The number of rotatable bonds is 6. The summed E-state index contributed by atoms with van der Waals surface area (Å²) in [5.74, 6) is 1.34. The summed E-state index contributed by atoms with van der Waals surface area (Å²) in [5.41, 5.74) is 0.852. The van der Waals surface area contributed by atoms with Crippen molar-refractivity contribution in [2.75, 3.05) is 12.4 Å². The Morgan fingerprint density at radius 3 is 2.83 bits per heavy atom. The van der Waals surface area contributed by atoms with Gasteiger partial charge in [-0.15, -0.1) is 15.3 Å². The van der Waals surface area contributed by atoms with Crippen LogP contribution in [0.2, 0.25) is 0 Å². The van der Waals surface area contributed by atoms with Crippen molar-refractivity contribution in [3.8, 4) is 17.1 Å². The van der Waals surface area contributed by atoms with Gasteiger partial charge in [0.15, 0.2) is 5.82 Å². The Morgan fingerprint density at radius 2 is 2.12 bits per heavy atom. The first-order valence-electron chi connectivity index (χ1n) is 7.83. The smallest absolute Gasteiger partial charge is 0.236 e. The average Bonchev–Trinajstić information content (AvgIpc) is 3.16. The van der Waals surface area contributed by atoms with Gasteiger partial charge in [-0.05, 0) is 25.0 Å². The van der Waals surface area contributed by atoms with Crippen molar-refractivity contribution >= 4 is 27.3 Å². The largest absolute Gasteiger partial charge is 0.497 e. The maximum Gasteiger partial charge on any atom is 0.236 e.